The molecule has 69 valence electrons. The third-order valence-corrected chi connectivity index (χ3v) is 5.43. The van der Waals surface area contributed by atoms with Gasteiger partial charge in [-0.25, -0.2) is 0 Å². The van der Waals surface area contributed by atoms with Crippen LogP contribution in [-0.2, 0) is 0 Å². The van der Waals surface area contributed by atoms with E-state index >= 15 is 0 Å². The molecule has 0 fully saturated rings. The molecule has 0 aliphatic heterocycles. The van der Waals surface area contributed by atoms with Gasteiger partial charge in [0.05, 0.1) is 0 Å². The van der Waals surface area contributed by atoms with E-state index < -0.39 is 0 Å². The smallest absolute Gasteiger partial charge is 1.00 e. The summed E-state index contributed by atoms with van der Waals surface area (Å²) in [4.78, 5) is 0. The molecule has 0 aliphatic rings. The minimum Gasteiger partial charge on any atom is -1.00 e. The minimum absolute atomic E-state index is 0. The topological polar surface area (TPSA) is 0 Å². The number of hydrogen-bond acceptors (Lipinski definition) is 0. The fourth-order valence-corrected chi connectivity index (χ4v) is 3.76. The van der Waals surface area contributed by atoms with Crippen LogP contribution < -0.4 is 0 Å². The molecule has 0 spiro atoms. The zero-order chi connectivity index (χ0) is 8.53. The molecule has 0 aromatic heterocycles. The van der Waals surface area contributed by atoms with Gasteiger partial charge in [0.1, 0.15) is 0 Å². The zero-order valence-corrected chi connectivity index (χ0v) is 15.9. The van der Waals surface area contributed by atoms with E-state index in [1.807, 2.05) is 0 Å². The van der Waals surface area contributed by atoms with Crippen LogP contribution in [0.25, 0.3) is 0 Å². The summed E-state index contributed by atoms with van der Waals surface area (Å²) in [5.41, 5.74) is 0.179. The van der Waals surface area contributed by atoms with Crippen LogP contribution in [0.3, 0.4) is 0 Å². The van der Waals surface area contributed by atoms with Crippen LogP contribution in [0.1, 0.15) is 28.5 Å². The van der Waals surface area contributed by atoms with E-state index in [2.05, 4.69) is 42.9 Å². The van der Waals surface area contributed by atoms with E-state index in [4.69, 9.17) is 0 Å². The van der Waals surface area contributed by atoms with E-state index in [0.717, 1.165) is 12.8 Å². The molecule has 0 heterocycles. The first kappa shape index (κ1) is 22.0. The molecule has 0 nitrogen and oxygen atoms in total. The summed E-state index contributed by atoms with van der Waals surface area (Å²) in [6, 6.07) is 0. The maximum Gasteiger partial charge on any atom is 2.00 e. The largest absolute Gasteiger partial charge is 2.00 e. The summed E-state index contributed by atoms with van der Waals surface area (Å²) in [6.07, 6.45) is 7.32. The molecule has 0 aliphatic carbocycles. The van der Waals surface area contributed by atoms with Crippen LogP contribution >= 0.6 is 27.5 Å². The molecular weight excluding hydrogens is 345 g/mol. The minimum atomic E-state index is 0. The van der Waals surface area contributed by atoms with Crippen molar-refractivity contribution in [1.29, 1.82) is 0 Å². The van der Waals surface area contributed by atoms with Crippen molar-refractivity contribution in [2.45, 2.75) is 32.0 Å². The normalized spacial score (nSPS) is 11.0. The summed E-state index contributed by atoms with van der Waals surface area (Å²) in [5.74, 6) is 0. The van der Waals surface area contributed by atoms with Crippen LogP contribution in [-0.4, -0.2) is 88.6 Å². The molecule has 0 aromatic carbocycles. The van der Waals surface area contributed by atoms with Crippen molar-refractivity contribution in [3.05, 3.63) is 13.8 Å². The molecule has 0 saturated carbocycles. The molecule has 0 saturated heterocycles. The van der Waals surface area contributed by atoms with Gasteiger partial charge in [-0.05, 0) is 6.16 Å². The second kappa shape index (κ2) is 18.1. The number of halogens is 1. The van der Waals surface area contributed by atoms with Crippen molar-refractivity contribution in [1.82, 2.24) is 0 Å². The Morgan fingerprint density at radius 1 is 1.15 bits per heavy atom. The third kappa shape index (κ3) is 18.3. The zero-order valence-electron chi connectivity index (χ0n) is 10.5. The van der Waals surface area contributed by atoms with Crippen molar-refractivity contribution < 1.29 is 2.85 Å². The molecular formula is C8H18BCa2IP. The SMILES string of the molecule is [CH2-]CCC[B]P(I)CCC[CH2-].[Ca+2].[Ca+2].[H-].[H-]. The maximum absolute atomic E-state index is 3.84. The van der Waals surface area contributed by atoms with Crippen LogP contribution in [0, 0.1) is 13.8 Å². The van der Waals surface area contributed by atoms with Crippen LogP contribution in [0.5, 0.6) is 0 Å². The van der Waals surface area contributed by atoms with Gasteiger partial charge in [-0.2, -0.15) is 12.8 Å². The molecule has 1 unspecified atom stereocenters. The number of hydrogen-bond donors (Lipinski definition) is 0. The van der Waals surface area contributed by atoms with Crippen molar-refractivity contribution in [3.8, 4) is 0 Å². The fraction of sp³-hybridized carbons (Fsp3) is 0.750. The molecule has 1 atom stereocenters. The van der Waals surface area contributed by atoms with Gasteiger partial charge in [-0.1, -0.05) is 46.6 Å². The van der Waals surface area contributed by atoms with Gasteiger partial charge < -0.3 is 16.7 Å². The Balaban J connectivity index is -0.0000000833. The Bertz CT molecular complexity index is 97.0. The summed E-state index contributed by atoms with van der Waals surface area (Å²) in [6.45, 7) is 10.1. The Hall–Kier alpha value is 3.74. The second-order valence-corrected chi connectivity index (χ2v) is 7.84. The Morgan fingerprint density at radius 2 is 1.69 bits per heavy atom. The molecule has 13 heavy (non-hydrogen) atoms. The van der Waals surface area contributed by atoms with Crippen LogP contribution in [0.4, 0.5) is 0 Å². The Kier molecular flexibility index (Phi) is 30.6. The van der Waals surface area contributed by atoms with E-state index in [9.17, 15) is 0 Å². The standard InChI is InChI=1S/C8H16BIP.2Ca.2H/c1-3-5-7-9-11(10)8-6-4-2;;;;/h1-8H2;;;;/q-2;2*+2;2*-1. The Morgan fingerprint density at radius 3 is 2.15 bits per heavy atom. The van der Waals surface area contributed by atoms with Gasteiger partial charge in [-0.3, -0.25) is 0 Å². The van der Waals surface area contributed by atoms with Gasteiger partial charge in [0.15, 0.2) is 7.00 Å². The van der Waals surface area contributed by atoms with Crippen molar-refractivity contribution in [2.75, 3.05) is 6.16 Å². The first-order valence-corrected chi connectivity index (χ1v) is 8.53. The van der Waals surface area contributed by atoms with Gasteiger partial charge in [0.25, 0.3) is 0 Å². The Labute approximate surface area is 162 Å². The fourth-order valence-electron chi connectivity index (χ4n) is 0.730. The molecule has 5 heteroatoms. The predicted molar refractivity (Wildman–Crippen MR) is 79.3 cm³/mol. The monoisotopic (exact) mass is 363 g/mol. The van der Waals surface area contributed by atoms with Gasteiger partial charge in [-0.15, -0.1) is 0 Å². The van der Waals surface area contributed by atoms with Gasteiger partial charge in [0, 0.05) is 0 Å². The van der Waals surface area contributed by atoms with E-state index in [-0.39, 0.29) is 83.8 Å². The molecule has 0 amide bonds. The number of unbranched alkanes of at least 4 members (excludes halogenated alkanes) is 2. The maximum atomic E-state index is 3.84. The van der Waals surface area contributed by atoms with E-state index in [0.29, 0.717) is 0 Å². The van der Waals surface area contributed by atoms with Gasteiger partial charge in [0.2, 0.25) is 0 Å². The quantitative estimate of drug-likeness (QED) is 0.213. The molecule has 0 bridgehead atoms. The molecule has 1 radical (unpaired) electrons. The molecule has 0 aromatic rings. The third-order valence-electron chi connectivity index (χ3n) is 1.40. The van der Waals surface area contributed by atoms with Crippen molar-refractivity contribution in [3.63, 3.8) is 0 Å². The average Bonchev–Trinajstić information content (AvgIpc) is 2.01. The summed E-state index contributed by atoms with van der Waals surface area (Å²) >= 11 is 2.57. The molecule has 0 rings (SSSR count). The van der Waals surface area contributed by atoms with Crippen molar-refractivity contribution in [2.24, 2.45) is 0 Å². The first-order valence-electron chi connectivity index (χ1n) is 4.15. The van der Waals surface area contributed by atoms with Crippen LogP contribution in [0.2, 0.25) is 6.32 Å². The summed E-state index contributed by atoms with van der Waals surface area (Å²) in [7, 11) is 0. The van der Waals surface area contributed by atoms with E-state index in [1.165, 1.54) is 25.3 Å². The van der Waals surface area contributed by atoms with Crippen LogP contribution in [0.15, 0.2) is 0 Å². The van der Waals surface area contributed by atoms with Gasteiger partial charge >= 0.3 is 75.5 Å². The predicted octanol–water partition coefficient (Wildman–Crippen LogP) is 3.55. The van der Waals surface area contributed by atoms with Crippen molar-refractivity contribution >= 4 is 110 Å². The van der Waals surface area contributed by atoms with E-state index in [1.54, 1.807) is 0 Å². The first-order chi connectivity index (χ1) is 5.31. The average molecular weight is 363 g/mol. The number of rotatable bonds is 7. The summed E-state index contributed by atoms with van der Waals surface area (Å²) < 4.78 is 0. The second-order valence-electron chi connectivity index (χ2n) is 2.51. The summed E-state index contributed by atoms with van der Waals surface area (Å²) in [5, 5.41) is 0. The molecule has 0 N–H and O–H groups in total.